The topological polar surface area (TPSA) is 65.4 Å². The van der Waals surface area contributed by atoms with Gasteiger partial charge in [0.2, 0.25) is 0 Å². The summed E-state index contributed by atoms with van der Waals surface area (Å²) in [6, 6.07) is 22.4. The third-order valence-corrected chi connectivity index (χ3v) is 6.17. The van der Waals surface area contributed by atoms with Crippen LogP contribution < -0.4 is 10.5 Å². The Balaban J connectivity index is 1.34. The van der Waals surface area contributed by atoms with Crippen LogP contribution in [0.4, 0.5) is 5.82 Å². The molecule has 0 saturated heterocycles. The third kappa shape index (κ3) is 3.10. The number of hydrogen-bond donors (Lipinski definition) is 1. The zero-order chi connectivity index (χ0) is 20.8. The van der Waals surface area contributed by atoms with E-state index in [9.17, 15) is 0 Å². The fraction of sp³-hybridized carbons (Fsp3) is 0.154. The highest BCUT2D eigenvalue weighted by Gasteiger charge is 2.26. The van der Waals surface area contributed by atoms with Crippen LogP contribution in [0.1, 0.15) is 31.0 Å². The summed E-state index contributed by atoms with van der Waals surface area (Å²) < 4.78 is 8.21. The van der Waals surface area contributed by atoms with E-state index in [2.05, 4.69) is 33.7 Å². The SMILES string of the molecule is Nc1nccn2c(C3CCC3)nc(-c3ccc(Oc4ccc5ccccc5c4)cc3)c12. The van der Waals surface area contributed by atoms with E-state index in [1.807, 2.05) is 48.7 Å². The Hall–Kier alpha value is -3.86. The van der Waals surface area contributed by atoms with E-state index in [-0.39, 0.29) is 0 Å². The monoisotopic (exact) mass is 406 g/mol. The van der Waals surface area contributed by atoms with Crippen LogP contribution in [0.2, 0.25) is 0 Å². The number of benzene rings is 3. The molecule has 1 aliphatic carbocycles. The van der Waals surface area contributed by atoms with Gasteiger partial charge in [0.05, 0.1) is 0 Å². The van der Waals surface area contributed by atoms with Crippen LogP contribution >= 0.6 is 0 Å². The summed E-state index contributed by atoms with van der Waals surface area (Å²) in [6.45, 7) is 0. The van der Waals surface area contributed by atoms with E-state index in [1.54, 1.807) is 6.20 Å². The summed E-state index contributed by atoms with van der Waals surface area (Å²) in [7, 11) is 0. The van der Waals surface area contributed by atoms with Crippen molar-refractivity contribution in [3.63, 3.8) is 0 Å². The molecule has 3 aromatic carbocycles. The molecule has 0 unspecified atom stereocenters. The summed E-state index contributed by atoms with van der Waals surface area (Å²) in [5, 5.41) is 2.36. The van der Waals surface area contributed by atoms with Gasteiger partial charge < -0.3 is 10.5 Å². The van der Waals surface area contributed by atoms with Gasteiger partial charge in [0, 0.05) is 23.9 Å². The van der Waals surface area contributed by atoms with Gasteiger partial charge in [-0.25, -0.2) is 9.97 Å². The number of rotatable bonds is 4. The lowest BCUT2D eigenvalue weighted by atomic mass is 9.85. The maximum atomic E-state index is 6.25. The highest BCUT2D eigenvalue weighted by atomic mass is 16.5. The van der Waals surface area contributed by atoms with Crippen molar-refractivity contribution in [2.45, 2.75) is 25.2 Å². The highest BCUT2D eigenvalue weighted by Crippen LogP contribution is 2.39. The van der Waals surface area contributed by atoms with Gasteiger partial charge in [0.25, 0.3) is 0 Å². The molecule has 2 heterocycles. The van der Waals surface area contributed by atoms with E-state index < -0.39 is 0 Å². The normalized spacial score (nSPS) is 14.1. The minimum absolute atomic E-state index is 0.499. The Bertz CT molecular complexity index is 1400. The molecule has 0 amide bonds. The molecule has 0 bridgehead atoms. The molecule has 31 heavy (non-hydrogen) atoms. The Labute approximate surface area is 180 Å². The average molecular weight is 406 g/mol. The predicted octanol–water partition coefficient (Wildman–Crippen LogP) is 6.19. The molecule has 1 aliphatic rings. The molecular formula is C26H22N4O. The maximum Gasteiger partial charge on any atom is 0.150 e. The Kier molecular flexibility index (Phi) is 4.13. The fourth-order valence-electron chi connectivity index (χ4n) is 4.29. The van der Waals surface area contributed by atoms with Crippen molar-refractivity contribution in [3.8, 4) is 22.8 Å². The molecule has 152 valence electrons. The molecule has 0 atom stereocenters. The number of anilines is 1. The zero-order valence-electron chi connectivity index (χ0n) is 17.0. The fourth-order valence-corrected chi connectivity index (χ4v) is 4.29. The second-order valence-electron chi connectivity index (χ2n) is 8.11. The third-order valence-electron chi connectivity index (χ3n) is 6.17. The van der Waals surface area contributed by atoms with Gasteiger partial charge in [-0.2, -0.15) is 0 Å². The molecule has 1 saturated carbocycles. The number of nitrogens with zero attached hydrogens (tertiary/aromatic N) is 3. The first-order valence-electron chi connectivity index (χ1n) is 10.7. The van der Waals surface area contributed by atoms with Crippen molar-refractivity contribution in [3.05, 3.63) is 84.9 Å². The van der Waals surface area contributed by atoms with Crippen molar-refractivity contribution >= 4 is 22.1 Å². The lowest BCUT2D eigenvalue weighted by Crippen LogP contribution is -2.12. The van der Waals surface area contributed by atoms with Crippen LogP contribution in [0.15, 0.2) is 79.1 Å². The number of nitrogen functional groups attached to an aromatic ring is 1. The van der Waals surface area contributed by atoms with Gasteiger partial charge in [-0.15, -0.1) is 0 Å². The quantitative estimate of drug-likeness (QED) is 0.386. The standard InChI is InChI=1S/C26H22N4O/c27-25-24-23(29-26(19-6-3-7-19)30(24)15-14-28-25)18-9-11-21(12-10-18)31-22-13-8-17-4-1-2-5-20(17)16-22/h1-2,4-5,8-16,19H,3,6-7H2,(H2,27,28). The highest BCUT2D eigenvalue weighted by molar-refractivity contribution is 5.86. The molecule has 5 nitrogen and oxygen atoms in total. The largest absolute Gasteiger partial charge is 0.457 e. The maximum absolute atomic E-state index is 6.25. The lowest BCUT2D eigenvalue weighted by molar-refractivity contribution is 0.400. The van der Waals surface area contributed by atoms with E-state index >= 15 is 0 Å². The summed E-state index contributed by atoms with van der Waals surface area (Å²) in [4.78, 5) is 9.29. The van der Waals surface area contributed by atoms with Crippen LogP contribution in [0.5, 0.6) is 11.5 Å². The van der Waals surface area contributed by atoms with E-state index in [1.165, 1.54) is 24.6 Å². The number of ether oxygens (including phenoxy) is 1. The summed E-state index contributed by atoms with van der Waals surface area (Å²) in [6.07, 6.45) is 7.33. The lowest BCUT2D eigenvalue weighted by Gasteiger charge is -2.23. The van der Waals surface area contributed by atoms with Gasteiger partial charge in [0.15, 0.2) is 0 Å². The number of nitrogens with two attached hydrogens (primary N) is 1. The van der Waals surface area contributed by atoms with Gasteiger partial charge in [-0.1, -0.05) is 36.8 Å². The number of aromatic nitrogens is 3. The van der Waals surface area contributed by atoms with E-state index in [0.29, 0.717) is 11.7 Å². The Morgan fingerprint density at radius 3 is 2.45 bits per heavy atom. The van der Waals surface area contributed by atoms with E-state index in [0.717, 1.165) is 39.5 Å². The molecule has 2 N–H and O–H groups in total. The molecule has 0 aliphatic heterocycles. The first-order chi connectivity index (χ1) is 15.3. The van der Waals surface area contributed by atoms with Crippen molar-refractivity contribution in [1.82, 2.24) is 14.4 Å². The molecule has 0 radical (unpaired) electrons. The summed E-state index contributed by atoms with van der Waals surface area (Å²) in [5.41, 5.74) is 9.02. The van der Waals surface area contributed by atoms with Crippen molar-refractivity contribution in [2.75, 3.05) is 5.73 Å². The minimum atomic E-state index is 0.499. The smallest absolute Gasteiger partial charge is 0.150 e. The molecule has 1 fully saturated rings. The molecule has 5 aromatic rings. The molecule has 5 heteroatoms. The Morgan fingerprint density at radius 2 is 1.68 bits per heavy atom. The van der Waals surface area contributed by atoms with E-state index in [4.69, 9.17) is 15.5 Å². The van der Waals surface area contributed by atoms with Crippen molar-refractivity contribution in [1.29, 1.82) is 0 Å². The second kappa shape index (κ2) is 7.13. The van der Waals surface area contributed by atoms with Crippen LogP contribution in [0.25, 0.3) is 27.5 Å². The minimum Gasteiger partial charge on any atom is -0.457 e. The van der Waals surface area contributed by atoms with Crippen molar-refractivity contribution in [2.24, 2.45) is 0 Å². The molecule has 2 aromatic heterocycles. The predicted molar refractivity (Wildman–Crippen MR) is 123 cm³/mol. The second-order valence-corrected chi connectivity index (χ2v) is 8.11. The van der Waals surface area contributed by atoms with Crippen LogP contribution in [-0.2, 0) is 0 Å². The molecule has 6 rings (SSSR count). The molecular weight excluding hydrogens is 384 g/mol. The number of fused-ring (bicyclic) bond motifs is 2. The van der Waals surface area contributed by atoms with Crippen LogP contribution in [0, 0.1) is 0 Å². The first-order valence-corrected chi connectivity index (χ1v) is 10.7. The van der Waals surface area contributed by atoms with Gasteiger partial charge >= 0.3 is 0 Å². The van der Waals surface area contributed by atoms with Gasteiger partial charge in [-0.3, -0.25) is 4.40 Å². The average Bonchev–Trinajstić information content (AvgIpc) is 3.13. The van der Waals surface area contributed by atoms with Crippen LogP contribution in [-0.4, -0.2) is 14.4 Å². The summed E-state index contributed by atoms with van der Waals surface area (Å²) in [5.74, 6) is 3.69. The number of imidazole rings is 1. The number of hydrogen-bond acceptors (Lipinski definition) is 4. The summed E-state index contributed by atoms with van der Waals surface area (Å²) >= 11 is 0. The van der Waals surface area contributed by atoms with Gasteiger partial charge in [-0.05, 0) is 60.0 Å². The van der Waals surface area contributed by atoms with Crippen LogP contribution in [0.3, 0.4) is 0 Å². The Morgan fingerprint density at radius 1 is 0.903 bits per heavy atom. The van der Waals surface area contributed by atoms with Gasteiger partial charge in [0.1, 0.15) is 34.4 Å². The first kappa shape index (κ1) is 18.0. The zero-order valence-corrected chi connectivity index (χ0v) is 17.0. The molecule has 0 spiro atoms. The van der Waals surface area contributed by atoms with Crippen molar-refractivity contribution < 1.29 is 4.74 Å².